The zero-order valence-electron chi connectivity index (χ0n) is 13.7. The molecule has 0 amide bonds. The number of furan rings is 1. The molecule has 0 saturated carbocycles. The maximum Gasteiger partial charge on any atom is 0.266 e. The molecule has 0 saturated heterocycles. The summed E-state index contributed by atoms with van der Waals surface area (Å²) in [6.07, 6.45) is 5.22. The normalized spacial score (nSPS) is 11.4. The number of aromatic nitrogens is 2. The smallest absolute Gasteiger partial charge is 0.266 e. The fourth-order valence-electron chi connectivity index (χ4n) is 2.82. The summed E-state index contributed by atoms with van der Waals surface area (Å²) in [5.74, 6) is 1.27. The SMILES string of the molecule is Cc1cccc(-n2c(/C=C/c3ccco3)nc3ccccc3c2=O)c1. The highest BCUT2D eigenvalue weighted by Crippen LogP contribution is 2.16. The Labute approximate surface area is 144 Å². The van der Waals surface area contributed by atoms with E-state index in [1.807, 2.05) is 67.6 Å². The highest BCUT2D eigenvalue weighted by Gasteiger charge is 2.11. The number of aryl methyl sites for hydroxylation is 1. The van der Waals surface area contributed by atoms with E-state index in [2.05, 4.69) is 4.98 Å². The van der Waals surface area contributed by atoms with Gasteiger partial charge in [0.2, 0.25) is 0 Å². The Morgan fingerprint density at radius 3 is 2.68 bits per heavy atom. The van der Waals surface area contributed by atoms with E-state index < -0.39 is 0 Å². The predicted octanol–water partition coefficient (Wildman–Crippen LogP) is 4.46. The minimum Gasteiger partial charge on any atom is -0.465 e. The topological polar surface area (TPSA) is 48.0 Å². The van der Waals surface area contributed by atoms with Gasteiger partial charge in [0.25, 0.3) is 5.56 Å². The third-order valence-electron chi connectivity index (χ3n) is 4.00. The maximum absolute atomic E-state index is 13.1. The van der Waals surface area contributed by atoms with Gasteiger partial charge < -0.3 is 4.42 Å². The lowest BCUT2D eigenvalue weighted by molar-refractivity contribution is 0.557. The molecule has 0 N–H and O–H groups in total. The highest BCUT2D eigenvalue weighted by molar-refractivity contribution is 5.79. The summed E-state index contributed by atoms with van der Waals surface area (Å²) in [6.45, 7) is 2.00. The zero-order chi connectivity index (χ0) is 17.2. The average Bonchev–Trinajstić information content (AvgIpc) is 3.13. The summed E-state index contributed by atoms with van der Waals surface area (Å²) < 4.78 is 6.97. The number of hydrogen-bond donors (Lipinski definition) is 0. The largest absolute Gasteiger partial charge is 0.465 e. The molecule has 0 aliphatic heterocycles. The van der Waals surface area contributed by atoms with Gasteiger partial charge >= 0.3 is 0 Å². The Hall–Kier alpha value is -3.40. The third kappa shape index (κ3) is 2.90. The molecule has 4 aromatic rings. The van der Waals surface area contributed by atoms with E-state index in [1.165, 1.54) is 0 Å². The molecule has 4 rings (SSSR count). The average molecular weight is 328 g/mol. The minimum atomic E-state index is -0.0877. The number of nitrogens with zero attached hydrogens (tertiary/aromatic N) is 2. The van der Waals surface area contributed by atoms with Gasteiger partial charge in [0.1, 0.15) is 11.6 Å². The Morgan fingerprint density at radius 2 is 1.88 bits per heavy atom. The zero-order valence-corrected chi connectivity index (χ0v) is 13.7. The molecule has 4 heteroatoms. The molecule has 2 heterocycles. The highest BCUT2D eigenvalue weighted by atomic mass is 16.3. The van der Waals surface area contributed by atoms with Crippen molar-refractivity contribution in [1.29, 1.82) is 0 Å². The van der Waals surface area contributed by atoms with Gasteiger partial charge in [-0.1, -0.05) is 24.3 Å². The first kappa shape index (κ1) is 15.1. The summed E-state index contributed by atoms with van der Waals surface area (Å²) in [4.78, 5) is 17.8. The number of hydrogen-bond acceptors (Lipinski definition) is 3. The van der Waals surface area contributed by atoms with Crippen LogP contribution in [0.4, 0.5) is 0 Å². The van der Waals surface area contributed by atoms with Crippen LogP contribution >= 0.6 is 0 Å². The molecule has 4 nitrogen and oxygen atoms in total. The number of rotatable bonds is 3. The second kappa shape index (κ2) is 6.24. The monoisotopic (exact) mass is 328 g/mol. The molecule has 25 heavy (non-hydrogen) atoms. The molecule has 0 aliphatic carbocycles. The van der Waals surface area contributed by atoms with Gasteiger partial charge in [-0.05, 0) is 61.0 Å². The summed E-state index contributed by atoms with van der Waals surface area (Å²) in [5.41, 5.74) is 2.46. The van der Waals surface area contributed by atoms with Crippen molar-refractivity contribution in [1.82, 2.24) is 9.55 Å². The first-order valence-electron chi connectivity index (χ1n) is 8.03. The predicted molar refractivity (Wildman–Crippen MR) is 99.7 cm³/mol. The molecule has 122 valence electrons. The van der Waals surface area contributed by atoms with E-state index in [0.29, 0.717) is 22.5 Å². The fraction of sp³-hybridized carbons (Fsp3) is 0.0476. The van der Waals surface area contributed by atoms with Crippen molar-refractivity contribution >= 4 is 23.1 Å². The van der Waals surface area contributed by atoms with E-state index in [4.69, 9.17) is 4.42 Å². The lowest BCUT2D eigenvalue weighted by Crippen LogP contribution is -2.22. The molecule has 0 unspecified atom stereocenters. The number of benzene rings is 2. The molecule has 2 aromatic heterocycles. The fourth-order valence-corrected chi connectivity index (χ4v) is 2.82. The van der Waals surface area contributed by atoms with Crippen LogP contribution in [0.15, 0.2) is 76.1 Å². The van der Waals surface area contributed by atoms with Crippen LogP contribution in [0.1, 0.15) is 17.1 Å². The summed E-state index contributed by atoms with van der Waals surface area (Å²) in [5, 5.41) is 0.596. The molecule has 2 aromatic carbocycles. The van der Waals surface area contributed by atoms with Crippen LogP contribution in [0, 0.1) is 6.92 Å². The van der Waals surface area contributed by atoms with Gasteiger partial charge in [-0.3, -0.25) is 9.36 Å². The molecule has 0 radical (unpaired) electrons. The van der Waals surface area contributed by atoms with E-state index in [-0.39, 0.29) is 5.56 Å². The summed E-state index contributed by atoms with van der Waals surface area (Å²) in [6, 6.07) is 18.9. The van der Waals surface area contributed by atoms with Crippen molar-refractivity contribution in [2.75, 3.05) is 0 Å². The lowest BCUT2D eigenvalue weighted by atomic mass is 10.2. The Bertz CT molecular complexity index is 1120. The Morgan fingerprint density at radius 1 is 1.00 bits per heavy atom. The van der Waals surface area contributed by atoms with Crippen molar-refractivity contribution in [3.8, 4) is 5.69 Å². The van der Waals surface area contributed by atoms with Crippen molar-refractivity contribution in [3.63, 3.8) is 0 Å². The van der Waals surface area contributed by atoms with Gasteiger partial charge in [0.15, 0.2) is 0 Å². The van der Waals surface area contributed by atoms with E-state index in [0.717, 1.165) is 11.3 Å². The van der Waals surface area contributed by atoms with Crippen LogP contribution < -0.4 is 5.56 Å². The Kier molecular flexibility index (Phi) is 3.78. The van der Waals surface area contributed by atoms with Crippen LogP contribution in [0.3, 0.4) is 0 Å². The van der Waals surface area contributed by atoms with Gasteiger partial charge in [-0.15, -0.1) is 0 Å². The molecule has 0 fully saturated rings. The van der Waals surface area contributed by atoms with Crippen LogP contribution in [0.2, 0.25) is 0 Å². The van der Waals surface area contributed by atoms with E-state index in [1.54, 1.807) is 23.0 Å². The van der Waals surface area contributed by atoms with Crippen molar-refractivity contribution < 1.29 is 4.42 Å². The molecular weight excluding hydrogens is 312 g/mol. The van der Waals surface area contributed by atoms with E-state index >= 15 is 0 Å². The second-order valence-corrected chi connectivity index (χ2v) is 5.82. The van der Waals surface area contributed by atoms with Gasteiger partial charge in [0, 0.05) is 0 Å². The Balaban J connectivity index is 1.99. The third-order valence-corrected chi connectivity index (χ3v) is 4.00. The second-order valence-electron chi connectivity index (χ2n) is 5.82. The van der Waals surface area contributed by atoms with Crippen LogP contribution in [0.5, 0.6) is 0 Å². The van der Waals surface area contributed by atoms with E-state index in [9.17, 15) is 4.79 Å². The quantitative estimate of drug-likeness (QED) is 0.558. The summed E-state index contributed by atoms with van der Waals surface area (Å²) >= 11 is 0. The van der Waals surface area contributed by atoms with Gasteiger partial charge in [-0.2, -0.15) is 0 Å². The summed E-state index contributed by atoms with van der Waals surface area (Å²) in [7, 11) is 0. The molecule has 0 atom stereocenters. The maximum atomic E-state index is 13.1. The van der Waals surface area contributed by atoms with Crippen molar-refractivity contribution in [3.05, 3.63) is 94.4 Å². The minimum absolute atomic E-state index is 0.0877. The van der Waals surface area contributed by atoms with Crippen molar-refractivity contribution in [2.24, 2.45) is 0 Å². The first-order valence-corrected chi connectivity index (χ1v) is 8.03. The van der Waals surface area contributed by atoms with Crippen molar-refractivity contribution in [2.45, 2.75) is 6.92 Å². The van der Waals surface area contributed by atoms with Crippen LogP contribution in [-0.4, -0.2) is 9.55 Å². The number of para-hydroxylation sites is 1. The lowest BCUT2D eigenvalue weighted by Gasteiger charge is -2.12. The number of fused-ring (bicyclic) bond motifs is 1. The van der Waals surface area contributed by atoms with Crippen LogP contribution in [-0.2, 0) is 0 Å². The van der Waals surface area contributed by atoms with Gasteiger partial charge in [0.05, 0.1) is 22.9 Å². The van der Waals surface area contributed by atoms with Gasteiger partial charge in [-0.25, -0.2) is 4.98 Å². The molecule has 0 spiro atoms. The first-order chi connectivity index (χ1) is 12.2. The van der Waals surface area contributed by atoms with Crippen LogP contribution in [0.25, 0.3) is 28.7 Å². The standard InChI is InChI=1S/C21H16N2O2/c1-15-6-4-7-16(14-15)23-20(12-11-17-8-5-13-25-17)22-19-10-3-2-9-18(19)21(23)24/h2-14H,1H3/b12-11+. The molecule has 0 aliphatic rings. The molecular formula is C21H16N2O2. The molecule has 0 bridgehead atoms.